The molecule has 0 radical (unpaired) electrons. The maximum absolute atomic E-state index is 10.1. The Morgan fingerprint density at radius 3 is 1.89 bits per heavy atom. The number of nitrogen functional groups attached to an aromatic ring is 1. The van der Waals surface area contributed by atoms with Crippen molar-refractivity contribution in [3.63, 3.8) is 0 Å². The molecule has 0 aliphatic rings. The number of hydrogen-bond donors (Lipinski definition) is 2. The van der Waals surface area contributed by atoms with Gasteiger partial charge >= 0.3 is 0 Å². The van der Waals surface area contributed by atoms with Gasteiger partial charge in [0.05, 0.1) is 5.69 Å². The number of aliphatic imine (C=N–C) groups is 1. The molecule has 0 spiro atoms. The number of para-hydroxylation sites is 1. The van der Waals surface area contributed by atoms with Gasteiger partial charge in [-0.05, 0) is 86.6 Å². The quantitative estimate of drug-likeness (QED) is 0.440. The first-order valence-electron chi connectivity index (χ1n) is 9.55. The lowest BCUT2D eigenvalue weighted by Crippen LogP contribution is -1.99. The van der Waals surface area contributed by atoms with Crippen LogP contribution in [0.25, 0.3) is 0 Å². The van der Waals surface area contributed by atoms with Crippen molar-refractivity contribution in [3.05, 3.63) is 87.5 Å². The van der Waals surface area contributed by atoms with Crippen LogP contribution in [0.3, 0.4) is 0 Å². The topological polar surface area (TPSA) is 58.6 Å². The lowest BCUT2D eigenvalue weighted by Gasteiger charge is -2.13. The predicted molar refractivity (Wildman–Crippen MR) is 119 cm³/mol. The molecule has 0 aliphatic heterocycles. The molecule has 3 N–H and O–H groups in total. The Bertz CT molecular complexity index is 1020. The third kappa shape index (κ3) is 4.09. The van der Waals surface area contributed by atoms with Gasteiger partial charge in [-0.3, -0.25) is 4.99 Å². The highest BCUT2D eigenvalue weighted by atomic mass is 16.3. The number of benzene rings is 3. The number of phenolic OH excluding ortho intramolecular Hbond substituents is 1. The van der Waals surface area contributed by atoms with E-state index in [1.54, 1.807) is 6.07 Å². The van der Waals surface area contributed by atoms with Crippen molar-refractivity contribution >= 4 is 17.1 Å². The Labute approximate surface area is 167 Å². The standard InChI is InChI=1S/C25H28N2O/c1-15-10-20(11-16(2)24(15)26)14-21-12-17(3)25(18(4)13-21)27-19(5)22-8-6-7-9-23(22)28/h6-13,28H,14,26H2,1-5H3/b27-19+. The third-order valence-electron chi connectivity index (χ3n) is 5.19. The molecule has 0 saturated heterocycles. The first kappa shape index (κ1) is 19.7. The van der Waals surface area contributed by atoms with E-state index in [0.717, 1.165) is 51.3 Å². The van der Waals surface area contributed by atoms with E-state index >= 15 is 0 Å². The lowest BCUT2D eigenvalue weighted by atomic mass is 9.96. The number of nitrogens with two attached hydrogens (primary N) is 1. The third-order valence-corrected chi connectivity index (χ3v) is 5.19. The van der Waals surface area contributed by atoms with Gasteiger partial charge in [0.25, 0.3) is 0 Å². The highest BCUT2D eigenvalue weighted by molar-refractivity contribution is 6.02. The summed E-state index contributed by atoms with van der Waals surface area (Å²) >= 11 is 0. The zero-order valence-corrected chi connectivity index (χ0v) is 17.3. The highest BCUT2D eigenvalue weighted by Crippen LogP contribution is 2.29. The molecule has 0 atom stereocenters. The van der Waals surface area contributed by atoms with Gasteiger partial charge in [0.1, 0.15) is 5.75 Å². The lowest BCUT2D eigenvalue weighted by molar-refractivity contribution is 0.474. The summed E-state index contributed by atoms with van der Waals surface area (Å²) in [7, 11) is 0. The van der Waals surface area contributed by atoms with Crippen molar-refractivity contribution in [1.82, 2.24) is 0 Å². The molecule has 0 unspecified atom stereocenters. The van der Waals surface area contributed by atoms with Crippen LogP contribution in [0, 0.1) is 27.7 Å². The van der Waals surface area contributed by atoms with E-state index in [-0.39, 0.29) is 5.75 Å². The average Bonchev–Trinajstić information content (AvgIpc) is 2.63. The van der Waals surface area contributed by atoms with Crippen molar-refractivity contribution in [2.45, 2.75) is 41.0 Å². The van der Waals surface area contributed by atoms with Gasteiger partial charge in [-0.2, -0.15) is 0 Å². The van der Waals surface area contributed by atoms with E-state index in [4.69, 9.17) is 10.7 Å². The van der Waals surface area contributed by atoms with Crippen molar-refractivity contribution in [1.29, 1.82) is 0 Å². The Kier molecular flexibility index (Phi) is 5.55. The predicted octanol–water partition coefficient (Wildman–Crippen LogP) is 5.94. The molecule has 0 heterocycles. The second kappa shape index (κ2) is 7.89. The first-order chi connectivity index (χ1) is 13.3. The summed E-state index contributed by atoms with van der Waals surface area (Å²) in [5, 5.41) is 10.1. The van der Waals surface area contributed by atoms with Gasteiger partial charge in [0.2, 0.25) is 0 Å². The number of phenols is 1. The van der Waals surface area contributed by atoms with Gasteiger partial charge in [-0.25, -0.2) is 0 Å². The van der Waals surface area contributed by atoms with Crippen LogP contribution in [-0.4, -0.2) is 10.8 Å². The van der Waals surface area contributed by atoms with Crippen molar-refractivity contribution in [2.75, 3.05) is 5.73 Å². The Morgan fingerprint density at radius 1 is 0.857 bits per heavy atom. The summed E-state index contributed by atoms with van der Waals surface area (Å²) in [6.07, 6.45) is 0.867. The largest absolute Gasteiger partial charge is 0.507 e. The number of aryl methyl sites for hydroxylation is 4. The highest BCUT2D eigenvalue weighted by Gasteiger charge is 2.09. The molecule has 0 amide bonds. The molecular formula is C25H28N2O. The maximum Gasteiger partial charge on any atom is 0.124 e. The van der Waals surface area contributed by atoms with Crippen LogP contribution in [0.2, 0.25) is 0 Å². The molecule has 0 aromatic heterocycles. The summed E-state index contributed by atoms with van der Waals surface area (Å²) < 4.78 is 0. The fraction of sp³-hybridized carbons (Fsp3) is 0.240. The van der Waals surface area contributed by atoms with Crippen LogP contribution in [0.1, 0.15) is 45.9 Å². The fourth-order valence-corrected chi connectivity index (χ4v) is 3.73. The molecular weight excluding hydrogens is 344 g/mol. The van der Waals surface area contributed by atoms with Gasteiger partial charge in [-0.1, -0.05) is 36.4 Å². The van der Waals surface area contributed by atoms with Gasteiger partial charge in [-0.15, -0.1) is 0 Å². The number of nitrogens with zero attached hydrogens (tertiary/aromatic N) is 1. The SMILES string of the molecule is C/C(=N\c1c(C)cc(Cc2cc(C)c(N)c(C)c2)cc1C)c1ccccc1O. The molecule has 144 valence electrons. The van der Waals surface area contributed by atoms with E-state index in [1.165, 1.54) is 11.1 Å². The first-order valence-corrected chi connectivity index (χ1v) is 9.55. The molecule has 3 aromatic carbocycles. The summed E-state index contributed by atoms with van der Waals surface area (Å²) in [6.45, 7) is 10.2. The average molecular weight is 373 g/mol. The molecule has 3 heteroatoms. The second-order valence-electron chi connectivity index (χ2n) is 7.61. The van der Waals surface area contributed by atoms with Crippen LogP contribution >= 0.6 is 0 Å². The van der Waals surface area contributed by atoms with Crippen LogP contribution in [0.15, 0.2) is 53.5 Å². The molecule has 0 fully saturated rings. The van der Waals surface area contributed by atoms with Gasteiger partial charge in [0, 0.05) is 17.0 Å². The summed E-state index contributed by atoms with van der Waals surface area (Å²) in [5.74, 6) is 0.254. The summed E-state index contributed by atoms with van der Waals surface area (Å²) in [5.41, 5.74) is 16.5. The maximum atomic E-state index is 10.1. The summed E-state index contributed by atoms with van der Waals surface area (Å²) in [4.78, 5) is 4.82. The minimum atomic E-state index is 0.254. The summed E-state index contributed by atoms with van der Waals surface area (Å²) in [6, 6.07) is 16.0. The fourth-order valence-electron chi connectivity index (χ4n) is 3.73. The van der Waals surface area contributed by atoms with Crippen LogP contribution in [0.4, 0.5) is 11.4 Å². The zero-order chi connectivity index (χ0) is 20.4. The molecule has 3 aromatic rings. The number of anilines is 1. The smallest absolute Gasteiger partial charge is 0.124 e. The minimum Gasteiger partial charge on any atom is -0.507 e. The van der Waals surface area contributed by atoms with Crippen molar-refractivity contribution < 1.29 is 5.11 Å². The van der Waals surface area contributed by atoms with Crippen LogP contribution in [-0.2, 0) is 6.42 Å². The Morgan fingerprint density at radius 2 is 1.36 bits per heavy atom. The van der Waals surface area contributed by atoms with E-state index in [0.29, 0.717) is 0 Å². The minimum absolute atomic E-state index is 0.254. The molecule has 0 saturated carbocycles. The Hall–Kier alpha value is -3.07. The monoisotopic (exact) mass is 372 g/mol. The van der Waals surface area contributed by atoms with E-state index < -0.39 is 0 Å². The van der Waals surface area contributed by atoms with Gasteiger partial charge < -0.3 is 10.8 Å². The second-order valence-corrected chi connectivity index (χ2v) is 7.61. The molecule has 0 bridgehead atoms. The molecule has 0 aliphatic carbocycles. The number of rotatable bonds is 4. The van der Waals surface area contributed by atoms with Crippen LogP contribution in [0.5, 0.6) is 5.75 Å². The van der Waals surface area contributed by atoms with Crippen LogP contribution < -0.4 is 5.73 Å². The number of hydrogen-bond acceptors (Lipinski definition) is 3. The van der Waals surface area contributed by atoms with Gasteiger partial charge in [0.15, 0.2) is 0 Å². The van der Waals surface area contributed by atoms with E-state index in [2.05, 4.69) is 52.0 Å². The number of aromatic hydroxyl groups is 1. The van der Waals surface area contributed by atoms with E-state index in [9.17, 15) is 5.11 Å². The van der Waals surface area contributed by atoms with E-state index in [1.807, 2.05) is 25.1 Å². The molecule has 28 heavy (non-hydrogen) atoms. The normalized spacial score (nSPS) is 11.7. The molecule has 3 rings (SSSR count). The Balaban J connectivity index is 1.93. The zero-order valence-electron chi connectivity index (χ0n) is 17.3. The molecule has 3 nitrogen and oxygen atoms in total. The van der Waals surface area contributed by atoms with Crippen molar-refractivity contribution in [2.24, 2.45) is 4.99 Å². The van der Waals surface area contributed by atoms with Crippen molar-refractivity contribution in [3.8, 4) is 5.75 Å².